The molecule has 0 atom stereocenters. The molecule has 6 heteroatoms. The molecule has 3 rings (SSSR count). The Morgan fingerprint density at radius 1 is 1.32 bits per heavy atom. The van der Waals surface area contributed by atoms with E-state index in [2.05, 4.69) is 10.3 Å². The molecular formula is C16H21N3O3. The number of hydrogen-bond acceptors (Lipinski definition) is 4. The zero-order valence-corrected chi connectivity index (χ0v) is 13.0. The van der Waals surface area contributed by atoms with Gasteiger partial charge in [-0.25, -0.2) is 4.98 Å². The van der Waals surface area contributed by atoms with Gasteiger partial charge in [0.15, 0.2) is 0 Å². The molecule has 0 aromatic carbocycles. The molecule has 2 heterocycles. The predicted molar refractivity (Wildman–Crippen MR) is 82.9 cm³/mol. The lowest BCUT2D eigenvalue weighted by atomic mass is 10.1. The van der Waals surface area contributed by atoms with Crippen LogP contribution >= 0.6 is 0 Å². The summed E-state index contributed by atoms with van der Waals surface area (Å²) in [6.45, 7) is 1.70. The van der Waals surface area contributed by atoms with Crippen molar-refractivity contribution in [2.45, 2.75) is 51.5 Å². The summed E-state index contributed by atoms with van der Waals surface area (Å²) in [5.74, 6) is 0.213. The van der Waals surface area contributed by atoms with Gasteiger partial charge in [0.05, 0.1) is 5.56 Å². The molecule has 0 radical (unpaired) electrons. The number of aryl methyl sites for hydroxylation is 2. The van der Waals surface area contributed by atoms with Gasteiger partial charge in [0.25, 0.3) is 11.5 Å². The fraction of sp³-hybridized carbons (Fsp3) is 0.562. The van der Waals surface area contributed by atoms with Crippen molar-refractivity contribution >= 4 is 17.0 Å². The van der Waals surface area contributed by atoms with E-state index in [0.29, 0.717) is 11.3 Å². The number of nitrogens with zero attached hydrogens (tertiary/aromatic N) is 2. The highest BCUT2D eigenvalue weighted by molar-refractivity contribution is 6.06. The number of rotatable bonds is 2. The van der Waals surface area contributed by atoms with Crippen LogP contribution in [0.1, 0.15) is 54.6 Å². The summed E-state index contributed by atoms with van der Waals surface area (Å²) in [6, 6.07) is 0.180. The van der Waals surface area contributed by atoms with Crippen LogP contribution in [-0.4, -0.2) is 21.5 Å². The van der Waals surface area contributed by atoms with E-state index in [1.54, 1.807) is 14.0 Å². The van der Waals surface area contributed by atoms with Crippen LogP contribution in [0, 0.1) is 6.92 Å². The summed E-state index contributed by atoms with van der Waals surface area (Å²) in [5.41, 5.74) is 0.299. The van der Waals surface area contributed by atoms with Gasteiger partial charge in [-0.1, -0.05) is 25.7 Å². The smallest absolute Gasteiger partial charge is 0.265 e. The van der Waals surface area contributed by atoms with E-state index in [0.717, 1.165) is 25.7 Å². The molecular weight excluding hydrogens is 282 g/mol. The first-order chi connectivity index (χ1) is 10.6. The number of hydrogen-bond donors (Lipinski definition) is 1. The first-order valence-corrected chi connectivity index (χ1v) is 7.83. The summed E-state index contributed by atoms with van der Waals surface area (Å²) in [5, 5.41) is 3.34. The van der Waals surface area contributed by atoms with Gasteiger partial charge in [0, 0.05) is 13.1 Å². The van der Waals surface area contributed by atoms with Crippen molar-refractivity contribution in [1.82, 2.24) is 14.9 Å². The molecule has 2 aromatic heterocycles. The van der Waals surface area contributed by atoms with Crippen molar-refractivity contribution in [3.05, 3.63) is 28.0 Å². The van der Waals surface area contributed by atoms with Gasteiger partial charge in [0.2, 0.25) is 5.71 Å². The molecule has 0 bridgehead atoms. The highest BCUT2D eigenvalue weighted by atomic mass is 16.3. The summed E-state index contributed by atoms with van der Waals surface area (Å²) in [7, 11) is 1.62. The van der Waals surface area contributed by atoms with Gasteiger partial charge >= 0.3 is 0 Å². The molecule has 1 aliphatic rings. The average Bonchev–Trinajstić information content (AvgIpc) is 2.65. The number of amides is 1. The van der Waals surface area contributed by atoms with E-state index >= 15 is 0 Å². The van der Waals surface area contributed by atoms with E-state index in [-0.39, 0.29) is 28.6 Å². The van der Waals surface area contributed by atoms with Gasteiger partial charge < -0.3 is 14.3 Å². The Balaban J connectivity index is 1.95. The monoisotopic (exact) mass is 303 g/mol. The van der Waals surface area contributed by atoms with Crippen molar-refractivity contribution in [3.8, 4) is 0 Å². The zero-order chi connectivity index (χ0) is 15.7. The first kappa shape index (κ1) is 14.8. The van der Waals surface area contributed by atoms with Gasteiger partial charge in [-0.05, 0) is 19.8 Å². The quantitative estimate of drug-likeness (QED) is 0.864. The molecule has 0 unspecified atom stereocenters. The lowest BCUT2D eigenvalue weighted by molar-refractivity contribution is 0.0933. The minimum absolute atomic E-state index is 0.180. The molecule has 1 aliphatic carbocycles. The third-order valence-corrected chi connectivity index (χ3v) is 4.37. The Kier molecular flexibility index (Phi) is 4.00. The third-order valence-electron chi connectivity index (χ3n) is 4.37. The van der Waals surface area contributed by atoms with E-state index in [1.807, 2.05) is 0 Å². The maximum Gasteiger partial charge on any atom is 0.265 e. The molecule has 22 heavy (non-hydrogen) atoms. The maximum absolute atomic E-state index is 12.6. The second-order valence-corrected chi connectivity index (χ2v) is 6.04. The van der Waals surface area contributed by atoms with Crippen LogP contribution in [0.5, 0.6) is 0 Å². The first-order valence-electron chi connectivity index (χ1n) is 7.83. The highest BCUT2D eigenvalue weighted by Crippen LogP contribution is 2.22. The largest absolute Gasteiger partial charge is 0.442 e. The van der Waals surface area contributed by atoms with Gasteiger partial charge in [0.1, 0.15) is 17.5 Å². The number of carbonyl (C=O) groups is 1. The molecule has 6 nitrogen and oxygen atoms in total. The number of aromatic nitrogens is 2. The Morgan fingerprint density at radius 3 is 2.68 bits per heavy atom. The number of carbonyl (C=O) groups excluding carboxylic acids is 1. The lowest BCUT2D eigenvalue weighted by Gasteiger charge is -2.15. The summed E-state index contributed by atoms with van der Waals surface area (Å²) in [4.78, 5) is 29.0. The van der Waals surface area contributed by atoms with Crippen LogP contribution in [0.4, 0.5) is 0 Å². The van der Waals surface area contributed by atoms with Gasteiger partial charge in [-0.3, -0.25) is 9.59 Å². The van der Waals surface area contributed by atoms with E-state index in [1.165, 1.54) is 23.7 Å². The Bertz CT molecular complexity index is 752. The third kappa shape index (κ3) is 2.65. The topological polar surface area (TPSA) is 77.1 Å². The summed E-state index contributed by atoms with van der Waals surface area (Å²) in [6.07, 6.45) is 8.13. The van der Waals surface area contributed by atoms with Crippen molar-refractivity contribution in [2.24, 2.45) is 7.05 Å². The van der Waals surface area contributed by atoms with Crippen LogP contribution in [0.15, 0.2) is 15.5 Å². The second-order valence-electron chi connectivity index (χ2n) is 6.04. The molecule has 0 saturated heterocycles. The van der Waals surface area contributed by atoms with E-state index in [4.69, 9.17) is 4.42 Å². The van der Waals surface area contributed by atoms with Gasteiger partial charge in [-0.15, -0.1) is 0 Å². The molecule has 1 amide bonds. The van der Waals surface area contributed by atoms with Crippen molar-refractivity contribution in [2.75, 3.05) is 0 Å². The zero-order valence-electron chi connectivity index (χ0n) is 13.0. The second kappa shape index (κ2) is 5.94. The Morgan fingerprint density at radius 2 is 2.00 bits per heavy atom. The summed E-state index contributed by atoms with van der Waals surface area (Å²) >= 11 is 0. The Hall–Kier alpha value is -2.11. The van der Waals surface area contributed by atoms with Crippen LogP contribution in [-0.2, 0) is 7.05 Å². The number of fused-ring (bicyclic) bond motifs is 1. The van der Waals surface area contributed by atoms with Crippen LogP contribution in [0.2, 0.25) is 0 Å². The molecule has 1 N–H and O–H groups in total. The fourth-order valence-electron chi connectivity index (χ4n) is 3.14. The van der Waals surface area contributed by atoms with Crippen molar-refractivity contribution in [1.29, 1.82) is 0 Å². The summed E-state index contributed by atoms with van der Waals surface area (Å²) < 4.78 is 6.85. The van der Waals surface area contributed by atoms with Crippen LogP contribution in [0.25, 0.3) is 11.1 Å². The van der Waals surface area contributed by atoms with Crippen LogP contribution in [0.3, 0.4) is 0 Å². The number of furan rings is 1. The van der Waals surface area contributed by atoms with Gasteiger partial charge in [-0.2, -0.15) is 0 Å². The van der Waals surface area contributed by atoms with Crippen molar-refractivity contribution < 1.29 is 9.21 Å². The highest BCUT2D eigenvalue weighted by Gasteiger charge is 2.24. The minimum atomic E-state index is -0.257. The average molecular weight is 303 g/mol. The molecule has 2 aromatic rings. The SMILES string of the molecule is Cc1oc2ncn(C)c(=O)c2c1C(=O)NC1CCCCCC1. The minimum Gasteiger partial charge on any atom is -0.442 e. The normalized spacial score (nSPS) is 16.6. The lowest BCUT2D eigenvalue weighted by Crippen LogP contribution is -2.35. The predicted octanol–water partition coefficient (Wildman–Crippen LogP) is 2.29. The fourth-order valence-corrected chi connectivity index (χ4v) is 3.14. The molecule has 1 fully saturated rings. The van der Waals surface area contributed by atoms with Crippen molar-refractivity contribution in [3.63, 3.8) is 0 Å². The Labute approximate surface area is 128 Å². The standard InChI is InChI=1S/C16H21N3O3/c1-10-12(13-15(22-10)17-9-19(2)16(13)21)14(20)18-11-7-5-3-4-6-8-11/h9,11H,3-8H2,1-2H3,(H,18,20). The van der Waals surface area contributed by atoms with Crippen LogP contribution < -0.4 is 10.9 Å². The molecule has 1 saturated carbocycles. The molecule has 0 spiro atoms. The van der Waals surface area contributed by atoms with E-state index < -0.39 is 0 Å². The van der Waals surface area contributed by atoms with E-state index in [9.17, 15) is 9.59 Å². The molecule has 0 aliphatic heterocycles. The number of nitrogens with one attached hydrogen (secondary N) is 1. The molecule has 118 valence electrons. The maximum atomic E-state index is 12.6.